The Morgan fingerprint density at radius 1 is 1.52 bits per heavy atom. The first-order valence-electron chi connectivity index (χ1n) is 8.66. The molecule has 1 atom stereocenters. The van der Waals surface area contributed by atoms with Crippen LogP contribution in [0, 0.1) is 0 Å². The average molecular weight is 420 g/mol. The summed E-state index contributed by atoms with van der Waals surface area (Å²) in [6, 6.07) is 1.39. The van der Waals surface area contributed by atoms with E-state index in [-0.39, 0.29) is 22.7 Å². The molecule has 2 aromatic rings. The Labute approximate surface area is 169 Å². The lowest BCUT2D eigenvalue weighted by molar-refractivity contribution is -0.0410. The van der Waals surface area contributed by atoms with E-state index in [1.54, 1.807) is 13.0 Å². The number of hydrogen-bond acceptors (Lipinski definition) is 11. The van der Waals surface area contributed by atoms with Gasteiger partial charge in [0, 0.05) is 24.9 Å². The average Bonchev–Trinajstić information content (AvgIpc) is 3.07. The molecule has 0 bridgehead atoms. The molecule has 12 heteroatoms. The minimum atomic E-state index is -0.774. The molecule has 1 aliphatic rings. The monoisotopic (exact) mass is 420 g/mol. The van der Waals surface area contributed by atoms with Crippen molar-refractivity contribution < 1.29 is 18.7 Å². The van der Waals surface area contributed by atoms with Gasteiger partial charge in [-0.05, 0) is 25.6 Å². The van der Waals surface area contributed by atoms with Gasteiger partial charge >= 0.3 is 5.63 Å². The van der Waals surface area contributed by atoms with Gasteiger partial charge in [0.25, 0.3) is 5.91 Å². The summed E-state index contributed by atoms with van der Waals surface area (Å²) in [5, 5.41) is 13.8. The van der Waals surface area contributed by atoms with Gasteiger partial charge in [0.05, 0.1) is 18.9 Å². The molecule has 2 aromatic heterocycles. The van der Waals surface area contributed by atoms with E-state index in [2.05, 4.69) is 25.8 Å². The summed E-state index contributed by atoms with van der Waals surface area (Å²) in [5.41, 5.74) is 5.51. The first kappa shape index (κ1) is 20.5. The normalized spacial score (nSPS) is 16.5. The summed E-state index contributed by atoms with van der Waals surface area (Å²) < 4.78 is 15.5. The molecule has 0 spiro atoms. The van der Waals surface area contributed by atoms with Gasteiger partial charge in [-0.15, -0.1) is 10.2 Å². The van der Waals surface area contributed by atoms with Crippen LogP contribution in [0.25, 0.3) is 0 Å². The summed E-state index contributed by atoms with van der Waals surface area (Å²) in [7, 11) is 1.35. The number of amides is 1. The fourth-order valence-electron chi connectivity index (χ4n) is 2.39. The Hall–Kier alpha value is -3.25. The topological polar surface area (TPSA) is 154 Å². The van der Waals surface area contributed by atoms with Gasteiger partial charge in [-0.1, -0.05) is 11.3 Å². The van der Waals surface area contributed by atoms with E-state index in [4.69, 9.17) is 19.6 Å². The molecular weight excluding hydrogens is 400 g/mol. The van der Waals surface area contributed by atoms with Gasteiger partial charge in [-0.25, -0.2) is 9.79 Å². The molecule has 3 heterocycles. The zero-order valence-corrected chi connectivity index (χ0v) is 16.6. The lowest BCUT2D eigenvalue weighted by Gasteiger charge is -2.27. The highest BCUT2D eigenvalue weighted by Crippen LogP contribution is 2.25. The van der Waals surface area contributed by atoms with Gasteiger partial charge in [0.15, 0.2) is 5.76 Å². The predicted octanol–water partition coefficient (Wildman–Crippen LogP) is 1.52. The number of nitrogens with two attached hydrogens (primary N) is 1. The van der Waals surface area contributed by atoms with Crippen LogP contribution in [0.3, 0.4) is 0 Å². The summed E-state index contributed by atoms with van der Waals surface area (Å²) in [5.74, 6) is -0.870. The van der Waals surface area contributed by atoms with Crippen LogP contribution < -0.4 is 26.7 Å². The van der Waals surface area contributed by atoms with Gasteiger partial charge in [0.1, 0.15) is 0 Å². The Morgan fingerprint density at radius 3 is 2.97 bits per heavy atom. The molecule has 1 fully saturated rings. The van der Waals surface area contributed by atoms with Crippen LogP contribution in [0.15, 0.2) is 32.5 Å². The number of carbonyl (C=O) groups excluding carboxylic acids is 1. The first-order chi connectivity index (χ1) is 14.0. The Morgan fingerprint density at radius 2 is 2.31 bits per heavy atom. The number of hydrogen-bond donors (Lipinski definition) is 3. The molecule has 1 aliphatic heterocycles. The fraction of sp³-hybridized carbons (Fsp3) is 0.353. The van der Waals surface area contributed by atoms with E-state index in [1.807, 2.05) is 0 Å². The zero-order valence-electron chi connectivity index (χ0n) is 15.8. The van der Waals surface area contributed by atoms with Crippen molar-refractivity contribution in [3.63, 3.8) is 0 Å². The SMILES string of the molecule is COc1c(NC[C@@H]2CCO2)cc(C(=O)Nc2nnc(N=C(C)C=CN)s2)oc1=O. The van der Waals surface area contributed by atoms with Crippen molar-refractivity contribution in [2.45, 2.75) is 19.4 Å². The minimum Gasteiger partial charge on any atom is -0.488 e. The molecule has 0 aliphatic carbocycles. The van der Waals surface area contributed by atoms with Crippen molar-refractivity contribution in [3.05, 3.63) is 34.5 Å². The number of methoxy groups -OCH3 is 1. The molecule has 0 saturated carbocycles. The molecule has 4 N–H and O–H groups in total. The van der Waals surface area contributed by atoms with E-state index >= 15 is 0 Å². The van der Waals surface area contributed by atoms with Gasteiger partial charge in [-0.2, -0.15) is 0 Å². The molecule has 1 saturated heterocycles. The Kier molecular flexibility index (Phi) is 6.57. The highest BCUT2D eigenvalue weighted by atomic mass is 32.1. The molecule has 0 unspecified atom stereocenters. The largest absolute Gasteiger partial charge is 0.488 e. The van der Waals surface area contributed by atoms with E-state index in [0.717, 1.165) is 17.8 Å². The molecule has 11 nitrogen and oxygen atoms in total. The zero-order chi connectivity index (χ0) is 20.8. The number of carbonyl (C=O) groups is 1. The number of anilines is 2. The molecule has 3 rings (SSSR count). The number of aromatic nitrogens is 2. The van der Waals surface area contributed by atoms with Crippen LogP contribution in [0.1, 0.15) is 23.9 Å². The molecule has 154 valence electrons. The summed E-state index contributed by atoms with van der Waals surface area (Å²) >= 11 is 1.06. The second kappa shape index (κ2) is 9.30. The minimum absolute atomic E-state index is 0.0168. The first-order valence-corrected chi connectivity index (χ1v) is 9.48. The lowest BCUT2D eigenvalue weighted by atomic mass is 10.2. The highest BCUT2D eigenvalue weighted by Gasteiger charge is 2.21. The standard InChI is InChI=1S/C17H20N6O5S/c1-9(3-5-18)20-16-22-23-17(29-16)21-14(24)12-7-11(13(26-2)15(25)28-12)19-8-10-4-6-27-10/h3,5,7,10,19H,4,6,8,18H2,1-2H3,(H,21,23,24)/t10-/m0/s1. The van der Waals surface area contributed by atoms with Crippen LogP contribution in [0.5, 0.6) is 5.75 Å². The third-order valence-electron chi connectivity index (χ3n) is 3.89. The summed E-state index contributed by atoms with van der Waals surface area (Å²) in [6.45, 7) is 2.94. The molecule has 1 amide bonds. The molecule has 29 heavy (non-hydrogen) atoms. The van der Waals surface area contributed by atoms with E-state index in [9.17, 15) is 9.59 Å². The van der Waals surface area contributed by atoms with Crippen molar-refractivity contribution in [2.24, 2.45) is 10.7 Å². The van der Waals surface area contributed by atoms with Crippen molar-refractivity contribution in [1.29, 1.82) is 0 Å². The second-order valence-corrected chi connectivity index (χ2v) is 6.92. The molecule has 0 aromatic carbocycles. The summed E-state index contributed by atoms with van der Waals surface area (Å²) in [4.78, 5) is 28.8. The lowest BCUT2D eigenvalue weighted by Crippen LogP contribution is -2.33. The Bertz CT molecular complexity index is 994. The van der Waals surface area contributed by atoms with Crippen LogP contribution >= 0.6 is 11.3 Å². The van der Waals surface area contributed by atoms with Crippen LogP contribution in [0.4, 0.5) is 16.0 Å². The van der Waals surface area contributed by atoms with Gasteiger partial charge in [0.2, 0.25) is 16.0 Å². The number of nitrogens with zero attached hydrogens (tertiary/aromatic N) is 3. The van der Waals surface area contributed by atoms with Gasteiger partial charge in [-0.3, -0.25) is 10.1 Å². The molecule has 0 radical (unpaired) electrons. The van der Waals surface area contributed by atoms with Crippen molar-refractivity contribution >= 4 is 38.9 Å². The maximum Gasteiger partial charge on any atom is 0.381 e. The highest BCUT2D eigenvalue weighted by molar-refractivity contribution is 7.18. The van der Waals surface area contributed by atoms with E-state index < -0.39 is 11.5 Å². The third kappa shape index (κ3) is 5.18. The second-order valence-electron chi connectivity index (χ2n) is 5.96. The number of rotatable bonds is 8. The van der Waals surface area contributed by atoms with Crippen molar-refractivity contribution in [3.8, 4) is 5.75 Å². The summed E-state index contributed by atoms with van der Waals surface area (Å²) in [6.07, 6.45) is 3.94. The Balaban J connectivity index is 1.74. The third-order valence-corrected chi connectivity index (χ3v) is 4.63. The van der Waals surface area contributed by atoms with Crippen molar-refractivity contribution in [1.82, 2.24) is 10.2 Å². The van der Waals surface area contributed by atoms with E-state index in [0.29, 0.717) is 29.7 Å². The van der Waals surface area contributed by atoms with Crippen LogP contribution in [0.2, 0.25) is 0 Å². The molecular formula is C17H20N6O5S. The van der Waals surface area contributed by atoms with Crippen molar-refractivity contribution in [2.75, 3.05) is 30.9 Å². The van der Waals surface area contributed by atoms with Crippen LogP contribution in [-0.2, 0) is 4.74 Å². The number of nitrogens with one attached hydrogen (secondary N) is 2. The maximum atomic E-state index is 12.5. The smallest absolute Gasteiger partial charge is 0.381 e. The number of ether oxygens (including phenoxy) is 2. The fourth-order valence-corrected chi connectivity index (χ4v) is 3.05. The number of allylic oxidation sites excluding steroid dienone is 1. The van der Waals surface area contributed by atoms with E-state index in [1.165, 1.54) is 19.4 Å². The predicted molar refractivity (Wildman–Crippen MR) is 108 cm³/mol. The quantitative estimate of drug-likeness (QED) is 0.539. The van der Waals surface area contributed by atoms with Gasteiger partial charge < -0.3 is 24.9 Å². The number of aliphatic imine (C=N–C) groups is 1. The van der Waals surface area contributed by atoms with Crippen LogP contribution in [-0.4, -0.2) is 48.2 Å². The maximum absolute atomic E-state index is 12.5.